The molecule has 4 rings (SSSR count). The maximum absolute atomic E-state index is 12.9. The molecule has 4 nitrogen and oxygen atoms in total. The Kier molecular flexibility index (Phi) is 3.43. The van der Waals surface area contributed by atoms with E-state index in [0.29, 0.717) is 24.8 Å². The van der Waals surface area contributed by atoms with E-state index in [-0.39, 0.29) is 24.0 Å². The number of carbonyl (C=O) groups is 2. The molecule has 1 saturated heterocycles. The van der Waals surface area contributed by atoms with Crippen molar-refractivity contribution in [2.24, 2.45) is 11.8 Å². The molecule has 0 bridgehead atoms. The lowest BCUT2D eigenvalue weighted by molar-refractivity contribution is -0.130. The van der Waals surface area contributed by atoms with Gasteiger partial charge in [-0.1, -0.05) is 38.1 Å². The van der Waals surface area contributed by atoms with Gasteiger partial charge in [0.15, 0.2) is 0 Å². The van der Waals surface area contributed by atoms with Crippen molar-refractivity contribution >= 4 is 11.9 Å². The Bertz CT molecular complexity index is 614. The van der Waals surface area contributed by atoms with Crippen molar-refractivity contribution in [1.82, 2.24) is 9.80 Å². The second-order valence-corrected chi connectivity index (χ2v) is 7.53. The quantitative estimate of drug-likeness (QED) is 0.747. The number of hydrogen-bond acceptors (Lipinski definition) is 2. The standard InChI is InChI=1S/C19H24N2O2/c1-12-7-8-16(9-13(12)2)21-18(22)17-10-14-5-3-4-6-15(14)11-20(17)19(21)23/h3-6,12-13,16-17H,7-11H2,1-2H3. The molecule has 122 valence electrons. The van der Waals surface area contributed by atoms with Crippen LogP contribution in [0, 0.1) is 11.8 Å². The number of rotatable bonds is 1. The Morgan fingerprint density at radius 3 is 2.48 bits per heavy atom. The number of carbonyl (C=O) groups excluding carboxylic acids is 2. The fourth-order valence-electron chi connectivity index (χ4n) is 4.43. The zero-order valence-corrected chi connectivity index (χ0v) is 13.9. The van der Waals surface area contributed by atoms with Crippen LogP contribution in [0.4, 0.5) is 4.79 Å². The van der Waals surface area contributed by atoms with Gasteiger partial charge in [-0.3, -0.25) is 9.69 Å². The molecule has 2 aliphatic heterocycles. The molecule has 2 fully saturated rings. The first kappa shape index (κ1) is 14.7. The molecular formula is C19H24N2O2. The van der Waals surface area contributed by atoms with Gasteiger partial charge in [0.05, 0.1) is 0 Å². The Morgan fingerprint density at radius 1 is 1.00 bits per heavy atom. The predicted molar refractivity (Wildman–Crippen MR) is 87.7 cm³/mol. The largest absolute Gasteiger partial charge is 0.328 e. The lowest BCUT2D eigenvalue weighted by Crippen LogP contribution is -2.44. The smallest absolute Gasteiger partial charge is 0.308 e. The first-order valence-electron chi connectivity index (χ1n) is 8.76. The van der Waals surface area contributed by atoms with Crippen molar-refractivity contribution in [3.63, 3.8) is 0 Å². The molecule has 1 saturated carbocycles. The number of nitrogens with zero attached hydrogens (tertiary/aromatic N) is 2. The van der Waals surface area contributed by atoms with E-state index in [4.69, 9.17) is 0 Å². The van der Waals surface area contributed by atoms with Crippen molar-refractivity contribution in [2.75, 3.05) is 0 Å². The van der Waals surface area contributed by atoms with Crippen LogP contribution < -0.4 is 0 Å². The van der Waals surface area contributed by atoms with Crippen molar-refractivity contribution in [3.8, 4) is 0 Å². The van der Waals surface area contributed by atoms with Crippen LogP contribution >= 0.6 is 0 Å². The van der Waals surface area contributed by atoms with Gasteiger partial charge in [-0.15, -0.1) is 0 Å². The van der Waals surface area contributed by atoms with Crippen molar-refractivity contribution in [3.05, 3.63) is 35.4 Å². The van der Waals surface area contributed by atoms with Crippen LogP contribution in [0.15, 0.2) is 24.3 Å². The average Bonchev–Trinajstić information content (AvgIpc) is 2.79. The van der Waals surface area contributed by atoms with Gasteiger partial charge in [0.25, 0.3) is 5.91 Å². The number of benzene rings is 1. The number of hydrogen-bond donors (Lipinski definition) is 0. The van der Waals surface area contributed by atoms with Gasteiger partial charge in [-0.25, -0.2) is 4.79 Å². The highest BCUT2D eigenvalue weighted by Gasteiger charge is 2.50. The van der Waals surface area contributed by atoms with E-state index in [1.807, 2.05) is 12.1 Å². The summed E-state index contributed by atoms with van der Waals surface area (Å²) in [5, 5.41) is 0. The summed E-state index contributed by atoms with van der Waals surface area (Å²) in [6.07, 6.45) is 3.67. The first-order valence-corrected chi connectivity index (χ1v) is 8.76. The third-order valence-corrected chi connectivity index (χ3v) is 6.16. The molecule has 2 heterocycles. The summed E-state index contributed by atoms with van der Waals surface area (Å²) in [5.41, 5.74) is 2.39. The zero-order chi connectivity index (χ0) is 16.1. The fraction of sp³-hybridized carbons (Fsp3) is 0.579. The number of urea groups is 1. The predicted octanol–water partition coefficient (Wildman–Crippen LogP) is 3.20. The van der Waals surface area contributed by atoms with Crippen molar-refractivity contribution < 1.29 is 9.59 Å². The van der Waals surface area contributed by atoms with Crippen LogP contribution in [0.1, 0.15) is 44.2 Å². The van der Waals surface area contributed by atoms with Gasteiger partial charge in [-0.05, 0) is 42.2 Å². The SMILES string of the molecule is CC1CCC(N2C(=O)C3Cc4ccccc4CN3C2=O)CC1C. The van der Waals surface area contributed by atoms with Crippen molar-refractivity contribution in [1.29, 1.82) is 0 Å². The molecular weight excluding hydrogens is 288 g/mol. The van der Waals surface area contributed by atoms with Crippen molar-refractivity contribution in [2.45, 2.75) is 58.2 Å². The van der Waals surface area contributed by atoms with E-state index in [9.17, 15) is 9.59 Å². The zero-order valence-electron chi connectivity index (χ0n) is 13.9. The van der Waals surface area contributed by atoms with Crippen LogP contribution in [-0.4, -0.2) is 33.8 Å². The minimum atomic E-state index is -0.285. The molecule has 1 aromatic rings. The Hall–Kier alpha value is -1.84. The number of amides is 3. The van der Waals surface area contributed by atoms with Gasteiger partial charge in [0, 0.05) is 19.0 Å². The van der Waals surface area contributed by atoms with Crippen LogP contribution in [0.2, 0.25) is 0 Å². The third-order valence-electron chi connectivity index (χ3n) is 6.16. The van der Waals surface area contributed by atoms with Crippen LogP contribution in [0.5, 0.6) is 0 Å². The summed E-state index contributed by atoms with van der Waals surface area (Å²) in [6, 6.07) is 7.90. The second kappa shape index (κ2) is 5.36. The molecule has 0 aromatic heterocycles. The molecule has 1 aliphatic carbocycles. The van der Waals surface area contributed by atoms with Crippen LogP contribution in [0.3, 0.4) is 0 Å². The average molecular weight is 312 g/mol. The molecule has 3 aliphatic rings. The van der Waals surface area contributed by atoms with E-state index < -0.39 is 0 Å². The van der Waals surface area contributed by atoms with Crippen LogP contribution in [-0.2, 0) is 17.8 Å². The van der Waals surface area contributed by atoms with Gasteiger partial charge in [-0.2, -0.15) is 0 Å². The minimum Gasteiger partial charge on any atom is -0.308 e. The Balaban J connectivity index is 1.59. The molecule has 0 radical (unpaired) electrons. The van der Waals surface area contributed by atoms with E-state index in [1.165, 1.54) is 11.1 Å². The summed E-state index contributed by atoms with van der Waals surface area (Å²) in [4.78, 5) is 29.2. The van der Waals surface area contributed by atoms with E-state index in [2.05, 4.69) is 26.0 Å². The highest BCUT2D eigenvalue weighted by Crippen LogP contribution is 2.37. The summed E-state index contributed by atoms with van der Waals surface area (Å²) >= 11 is 0. The van der Waals surface area contributed by atoms with Gasteiger partial charge >= 0.3 is 6.03 Å². The molecule has 4 heteroatoms. The number of imide groups is 1. The Labute approximate surface area is 137 Å². The molecule has 4 unspecified atom stereocenters. The van der Waals surface area contributed by atoms with E-state index >= 15 is 0 Å². The van der Waals surface area contributed by atoms with Gasteiger partial charge < -0.3 is 4.90 Å². The fourth-order valence-corrected chi connectivity index (χ4v) is 4.43. The van der Waals surface area contributed by atoms with Gasteiger partial charge in [0.2, 0.25) is 0 Å². The van der Waals surface area contributed by atoms with E-state index in [0.717, 1.165) is 19.3 Å². The third kappa shape index (κ3) is 2.27. The lowest BCUT2D eigenvalue weighted by atomic mass is 9.78. The van der Waals surface area contributed by atoms with E-state index in [1.54, 1.807) is 9.80 Å². The molecule has 3 amide bonds. The highest BCUT2D eigenvalue weighted by molar-refractivity contribution is 6.05. The molecule has 4 atom stereocenters. The summed E-state index contributed by atoms with van der Waals surface area (Å²) < 4.78 is 0. The monoisotopic (exact) mass is 312 g/mol. The second-order valence-electron chi connectivity index (χ2n) is 7.53. The normalized spacial score (nSPS) is 33.7. The molecule has 23 heavy (non-hydrogen) atoms. The molecule has 1 aromatic carbocycles. The summed E-state index contributed by atoms with van der Waals surface area (Å²) in [5.74, 6) is 1.28. The Morgan fingerprint density at radius 2 is 1.74 bits per heavy atom. The maximum Gasteiger partial charge on any atom is 0.328 e. The first-order chi connectivity index (χ1) is 11.1. The maximum atomic E-state index is 12.9. The van der Waals surface area contributed by atoms with Gasteiger partial charge in [0.1, 0.15) is 6.04 Å². The topological polar surface area (TPSA) is 40.6 Å². The summed E-state index contributed by atoms with van der Waals surface area (Å²) in [6.45, 7) is 5.08. The molecule has 0 spiro atoms. The molecule has 0 N–H and O–H groups in total. The highest BCUT2D eigenvalue weighted by atomic mass is 16.2. The number of fused-ring (bicyclic) bond motifs is 2. The summed E-state index contributed by atoms with van der Waals surface area (Å²) in [7, 11) is 0. The van der Waals surface area contributed by atoms with Crippen LogP contribution in [0.25, 0.3) is 0 Å². The lowest BCUT2D eigenvalue weighted by Gasteiger charge is -2.36. The minimum absolute atomic E-state index is 0.0243.